The highest BCUT2D eigenvalue weighted by Crippen LogP contribution is 2.69. The van der Waals surface area contributed by atoms with Crippen molar-refractivity contribution in [3.63, 3.8) is 0 Å². The van der Waals surface area contributed by atoms with E-state index in [4.69, 9.17) is 0 Å². The topological polar surface area (TPSA) is 79.4 Å². The van der Waals surface area contributed by atoms with Crippen molar-refractivity contribution in [1.29, 1.82) is 0 Å². The van der Waals surface area contributed by atoms with Gasteiger partial charge in [0.25, 0.3) is 11.8 Å². The number of allylic oxidation sites excluding steroid dienone is 2. The lowest BCUT2D eigenvalue weighted by Gasteiger charge is -2.44. The lowest BCUT2D eigenvalue weighted by Crippen LogP contribution is -2.47. The van der Waals surface area contributed by atoms with E-state index in [0.29, 0.717) is 11.8 Å². The van der Waals surface area contributed by atoms with Gasteiger partial charge in [-0.25, -0.2) is 0 Å². The van der Waals surface area contributed by atoms with Crippen molar-refractivity contribution in [2.45, 2.75) is 26.7 Å². The number of carbonyl (C=O) groups is 3. The van der Waals surface area contributed by atoms with E-state index in [1.165, 1.54) is 11.1 Å². The summed E-state index contributed by atoms with van der Waals surface area (Å²) in [6, 6.07) is 3.49. The minimum Gasteiger partial charge on any atom is -0.273 e. The second-order valence-electron chi connectivity index (χ2n) is 8.11. The third-order valence-electron chi connectivity index (χ3n) is 6.96. The van der Waals surface area contributed by atoms with Gasteiger partial charge in [0.1, 0.15) is 0 Å². The zero-order chi connectivity index (χ0) is 18.2. The Balaban J connectivity index is 1.38. The highest BCUT2D eigenvalue weighted by molar-refractivity contribution is 6.07. The van der Waals surface area contributed by atoms with Crippen LogP contribution >= 0.6 is 0 Å². The number of pyridine rings is 1. The van der Waals surface area contributed by atoms with Gasteiger partial charge in [0.05, 0.1) is 18.3 Å². The van der Waals surface area contributed by atoms with Gasteiger partial charge in [-0.3, -0.25) is 24.8 Å². The molecule has 0 spiro atoms. The first kappa shape index (κ1) is 15.7. The molecule has 1 aromatic rings. The van der Waals surface area contributed by atoms with Crippen molar-refractivity contribution in [2.24, 2.45) is 35.5 Å². The van der Waals surface area contributed by atoms with Crippen molar-refractivity contribution in [2.75, 3.05) is 0 Å². The summed E-state index contributed by atoms with van der Waals surface area (Å²) in [5.74, 6) is 0.0637. The molecule has 0 radical (unpaired) electrons. The normalized spacial score (nSPS) is 36.9. The number of nitrogens with zero attached hydrogens (tertiary/aromatic N) is 2. The largest absolute Gasteiger partial charge is 0.273 e. The summed E-state index contributed by atoms with van der Waals surface area (Å²) in [7, 11) is 0. The SMILES string of the molecule is CC1=C(C)C2C3CC3C1C1C(=O)N(NC(=O)Cc3ccncc3)C(=O)C21. The maximum atomic E-state index is 13.0. The summed E-state index contributed by atoms with van der Waals surface area (Å²) in [6.45, 7) is 4.22. The van der Waals surface area contributed by atoms with E-state index in [-0.39, 0.29) is 47.8 Å². The fourth-order valence-electron chi connectivity index (χ4n) is 5.73. The maximum Gasteiger partial charge on any atom is 0.252 e. The Morgan fingerprint density at radius 1 is 1.04 bits per heavy atom. The first-order valence-electron chi connectivity index (χ1n) is 9.22. The van der Waals surface area contributed by atoms with Crippen LogP contribution in [0.3, 0.4) is 0 Å². The third kappa shape index (κ3) is 1.98. The molecule has 26 heavy (non-hydrogen) atoms. The summed E-state index contributed by atoms with van der Waals surface area (Å²) in [5.41, 5.74) is 5.95. The zero-order valence-electron chi connectivity index (χ0n) is 14.8. The van der Waals surface area contributed by atoms with Gasteiger partial charge >= 0.3 is 0 Å². The molecule has 0 aromatic carbocycles. The van der Waals surface area contributed by atoms with Crippen LogP contribution in [0.25, 0.3) is 0 Å². The van der Waals surface area contributed by atoms with E-state index < -0.39 is 0 Å². The number of imide groups is 1. The van der Waals surface area contributed by atoms with E-state index in [1.807, 2.05) is 0 Å². The van der Waals surface area contributed by atoms with E-state index in [1.54, 1.807) is 24.5 Å². The number of hydrazine groups is 1. The summed E-state index contributed by atoms with van der Waals surface area (Å²) in [4.78, 5) is 42.3. The second-order valence-corrected chi connectivity index (χ2v) is 8.11. The molecule has 1 aromatic heterocycles. The van der Waals surface area contributed by atoms with Gasteiger partial charge in [-0.15, -0.1) is 0 Å². The summed E-state index contributed by atoms with van der Waals surface area (Å²) < 4.78 is 0. The van der Waals surface area contributed by atoms with Gasteiger partial charge in [0.15, 0.2) is 0 Å². The van der Waals surface area contributed by atoms with Crippen molar-refractivity contribution in [3.8, 4) is 0 Å². The fourth-order valence-corrected chi connectivity index (χ4v) is 5.73. The number of hydrogen-bond donors (Lipinski definition) is 1. The Bertz CT molecular complexity index is 820. The van der Waals surface area contributed by atoms with Crippen molar-refractivity contribution < 1.29 is 14.4 Å². The quantitative estimate of drug-likeness (QED) is 0.661. The molecule has 2 saturated carbocycles. The first-order chi connectivity index (χ1) is 12.5. The molecule has 4 aliphatic carbocycles. The van der Waals surface area contributed by atoms with Crippen LogP contribution in [-0.2, 0) is 20.8 Å². The Morgan fingerprint density at radius 2 is 1.58 bits per heavy atom. The molecular formula is C20H21N3O3. The molecule has 3 amide bonds. The molecule has 1 N–H and O–H groups in total. The van der Waals surface area contributed by atoms with Crippen molar-refractivity contribution in [3.05, 3.63) is 41.2 Å². The maximum absolute atomic E-state index is 13.0. The Hall–Kier alpha value is -2.50. The molecule has 6 nitrogen and oxygen atoms in total. The van der Waals surface area contributed by atoms with Gasteiger partial charge < -0.3 is 0 Å². The summed E-state index contributed by atoms with van der Waals surface area (Å²) in [5, 5.41) is 1.01. The lowest BCUT2D eigenvalue weighted by atomic mass is 9.57. The highest BCUT2D eigenvalue weighted by atomic mass is 16.2. The molecule has 134 valence electrons. The summed E-state index contributed by atoms with van der Waals surface area (Å²) >= 11 is 0. The predicted octanol–water partition coefficient (Wildman–Crippen LogP) is 1.49. The summed E-state index contributed by atoms with van der Waals surface area (Å²) in [6.07, 6.45) is 4.48. The number of carbonyl (C=O) groups excluding carboxylic acids is 3. The number of hydrogen-bond acceptors (Lipinski definition) is 4. The van der Waals surface area contributed by atoms with Crippen LogP contribution in [0.4, 0.5) is 0 Å². The van der Waals surface area contributed by atoms with E-state index in [2.05, 4.69) is 24.3 Å². The van der Waals surface area contributed by atoms with E-state index in [0.717, 1.165) is 17.0 Å². The average molecular weight is 351 g/mol. The highest BCUT2D eigenvalue weighted by Gasteiger charge is 2.69. The zero-order valence-corrected chi connectivity index (χ0v) is 14.8. The van der Waals surface area contributed by atoms with Crippen LogP contribution in [0.5, 0.6) is 0 Å². The molecule has 3 fully saturated rings. The van der Waals surface area contributed by atoms with Crippen LogP contribution < -0.4 is 5.43 Å². The third-order valence-corrected chi connectivity index (χ3v) is 6.96. The Morgan fingerprint density at radius 3 is 2.12 bits per heavy atom. The molecule has 2 heterocycles. The molecule has 1 aliphatic heterocycles. The minimum absolute atomic E-state index is 0.114. The van der Waals surface area contributed by atoms with Gasteiger partial charge in [0.2, 0.25) is 5.91 Å². The van der Waals surface area contributed by atoms with Crippen molar-refractivity contribution in [1.82, 2.24) is 15.4 Å². The van der Waals surface area contributed by atoms with Crippen LogP contribution in [0.1, 0.15) is 25.8 Å². The van der Waals surface area contributed by atoms with Gasteiger partial charge in [-0.1, -0.05) is 11.1 Å². The molecule has 5 aliphatic rings. The monoisotopic (exact) mass is 351 g/mol. The number of amides is 3. The smallest absolute Gasteiger partial charge is 0.252 e. The van der Waals surface area contributed by atoms with E-state index >= 15 is 0 Å². The second kappa shape index (κ2) is 5.25. The van der Waals surface area contributed by atoms with Crippen LogP contribution in [0.2, 0.25) is 0 Å². The number of nitrogens with one attached hydrogen (secondary N) is 1. The molecule has 6 atom stereocenters. The molecule has 6 heteroatoms. The standard InChI is InChI=1S/C20H21N3O3/c1-9-10(2)16-13-8-12(13)15(9)17-18(16)20(26)23(19(17)25)22-14(24)7-11-3-5-21-6-4-11/h3-6,12-13,15-18H,7-8H2,1-2H3,(H,22,24). The molecule has 2 bridgehead atoms. The Kier molecular flexibility index (Phi) is 3.18. The Labute approximate surface area is 151 Å². The lowest BCUT2D eigenvalue weighted by molar-refractivity contribution is -0.149. The van der Waals surface area contributed by atoms with Crippen molar-refractivity contribution >= 4 is 17.7 Å². The molecule has 1 saturated heterocycles. The minimum atomic E-state index is -0.351. The van der Waals surface area contributed by atoms with Gasteiger partial charge in [0, 0.05) is 12.4 Å². The molecule has 6 rings (SSSR count). The average Bonchev–Trinajstić information content (AvgIpc) is 3.38. The van der Waals surface area contributed by atoms with Crippen LogP contribution in [-0.4, -0.2) is 27.7 Å². The predicted molar refractivity (Wildman–Crippen MR) is 91.9 cm³/mol. The number of rotatable bonds is 3. The van der Waals surface area contributed by atoms with Crippen LogP contribution in [0.15, 0.2) is 35.7 Å². The van der Waals surface area contributed by atoms with Gasteiger partial charge in [-0.05, 0) is 61.6 Å². The van der Waals surface area contributed by atoms with Crippen LogP contribution in [0, 0.1) is 35.5 Å². The fraction of sp³-hybridized carbons (Fsp3) is 0.500. The number of aromatic nitrogens is 1. The first-order valence-corrected chi connectivity index (χ1v) is 9.22. The molecule has 6 unspecified atom stereocenters. The van der Waals surface area contributed by atoms with Gasteiger partial charge in [-0.2, -0.15) is 5.01 Å². The van der Waals surface area contributed by atoms with E-state index in [9.17, 15) is 14.4 Å². The molecular weight excluding hydrogens is 330 g/mol.